The van der Waals surface area contributed by atoms with Gasteiger partial charge in [-0.25, -0.2) is 8.42 Å². The Labute approximate surface area is 168 Å². The number of nitrogens with one attached hydrogen (secondary N) is 1. The van der Waals surface area contributed by atoms with E-state index >= 15 is 0 Å². The van der Waals surface area contributed by atoms with E-state index in [2.05, 4.69) is 5.32 Å². The number of likely N-dealkylation sites (N-methyl/N-ethyl adjacent to an activating group) is 1. The van der Waals surface area contributed by atoms with E-state index in [4.69, 9.17) is 4.74 Å². The molecule has 1 aromatic rings. The number of morpholine rings is 1. The highest BCUT2D eigenvalue weighted by molar-refractivity contribution is 7.89. The average Bonchev–Trinajstić information content (AvgIpc) is 2.59. The minimum atomic E-state index is -4.28. The van der Waals surface area contributed by atoms with Gasteiger partial charge in [0.15, 0.2) is 0 Å². The lowest BCUT2D eigenvalue weighted by Crippen LogP contribution is -2.48. The molecule has 1 aromatic carbocycles. The van der Waals surface area contributed by atoms with Crippen LogP contribution in [0.4, 0.5) is 18.9 Å². The summed E-state index contributed by atoms with van der Waals surface area (Å²) in [5.74, 6) is -0.485. The predicted octanol–water partition coefficient (Wildman–Crippen LogP) is 2.31. The number of carbonyl (C=O) groups excluding carboxylic acids is 1. The predicted molar refractivity (Wildman–Crippen MR) is 102 cm³/mol. The quantitative estimate of drug-likeness (QED) is 0.708. The van der Waals surface area contributed by atoms with Crippen LogP contribution in [-0.2, 0) is 19.6 Å². The third kappa shape index (κ3) is 7.25. The molecule has 1 heterocycles. The van der Waals surface area contributed by atoms with Crippen LogP contribution < -0.4 is 5.32 Å². The van der Waals surface area contributed by atoms with Gasteiger partial charge in [0.25, 0.3) is 0 Å². The zero-order chi connectivity index (χ0) is 21.8. The lowest BCUT2D eigenvalue weighted by molar-refractivity contribution is -0.138. The maximum Gasteiger partial charge on any atom is 0.390 e. The molecule has 29 heavy (non-hydrogen) atoms. The first-order chi connectivity index (χ1) is 13.4. The van der Waals surface area contributed by atoms with Gasteiger partial charge in [0.2, 0.25) is 15.9 Å². The second-order valence-corrected chi connectivity index (χ2v) is 9.19. The summed E-state index contributed by atoms with van der Waals surface area (Å²) in [6, 6.07) is 5.69. The highest BCUT2D eigenvalue weighted by atomic mass is 32.2. The Bertz CT molecular complexity index is 790. The molecule has 1 N–H and O–H groups in total. The van der Waals surface area contributed by atoms with E-state index in [1.165, 1.54) is 40.5 Å². The molecule has 2 unspecified atom stereocenters. The summed E-state index contributed by atoms with van der Waals surface area (Å²) in [6.45, 7) is 3.64. The topological polar surface area (TPSA) is 79.0 Å². The Balaban J connectivity index is 1.95. The maximum absolute atomic E-state index is 12.8. The summed E-state index contributed by atoms with van der Waals surface area (Å²) in [6.07, 6.45) is -5.69. The molecule has 2 rings (SSSR count). The van der Waals surface area contributed by atoms with Crippen molar-refractivity contribution < 1.29 is 31.1 Å². The first-order valence-electron chi connectivity index (χ1n) is 9.17. The number of hydrogen-bond acceptors (Lipinski definition) is 5. The van der Waals surface area contributed by atoms with Crippen molar-refractivity contribution in [3.63, 3.8) is 0 Å². The van der Waals surface area contributed by atoms with Crippen molar-refractivity contribution in [3.05, 3.63) is 24.3 Å². The van der Waals surface area contributed by atoms with Crippen LogP contribution in [0.1, 0.15) is 20.3 Å². The Hall–Kier alpha value is -1.69. The van der Waals surface area contributed by atoms with Gasteiger partial charge >= 0.3 is 6.18 Å². The van der Waals surface area contributed by atoms with Gasteiger partial charge in [-0.2, -0.15) is 17.5 Å². The van der Waals surface area contributed by atoms with Crippen molar-refractivity contribution in [2.45, 2.75) is 43.5 Å². The van der Waals surface area contributed by atoms with E-state index < -0.39 is 28.5 Å². The monoisotopic (exact) mass is 437 g/mol. The lowest BCUT2D eigenvalue weighted by atomic mass is 10.3. The van der Waals surface area contributed by atoms with Crippen molar-refractivity contribution in [2.24, 2.45) is 0 Å². The number of carbonyl (C=O) groups is 1. The lowest BCUT2D eigenvalue weighted by Gasteiger charge is -2.34. The van der Waals surface area contributed by atoms with Crippen molar-refractivity contribution in [3.8, 4) is 0 Å². The molecule has 0 aromatic heterocycles. The van der Waals surface area contributed by atoms with Gasteiger partial charge in [0.1, 0.15) is 0 Å². The molecule has 7 nitrogen and oxygen atoms in total. The van der Waals surface area contributed by atoms with E-state index in [1.54, 1.807) is 0 Å². The van der Waals surface area contributed by atoms with Crippen LogP contribution in [0.15, 0.2) is 29.2 Å². The minimum absolute atomic E-state index is 0.0964. The minimum Gasteiger partial charge on any atom is -0.373 e. The van der Waals surface area contributed by atoms with Crippen molar-refractivity contribution in [1.82, 2.24) is 9.21 Å². The van der Waals surface area contributed by atoms with Crippen LogP contribution in [0.25, 0.3) is 0 Å². The summed E-state index contributed by atoms with van der Waals surface area (Å²) in [5.41, 5.74) is 0.363. The van der Waals surface area contributed by atoms with Gasteiger partial charge in [0.05, 0.1) is 30.1 Å². The van der Waals surface area contributed by atoms with Gasteiger partial charge in [-0.1, -0.05) is 0 Å². The zero-order valence-corrected chi connectivity index (χ0v) is 17.4. The molecular formula is C18H26F3N3O4S. The highest BCUT2D eigenvalue weighted by Gasteiger charge is 2.32. The normalized spacial score (nSPS) is 21.3. The number of hydrogen-bond donors (Lipinski definition) is 1. The van der Waals surface area contributed by atoms with Crippen LogP contribution in [0.2, 0.25) is 0 Å². The number of benzene rings is 1. The third-order valence-corrected chi connectivity index (χ3v) is 6.20. The number of rotatable bonds is 7. The van der Waals surface area contributed by atoms with Gasteiger partial charge in [-0.15, -0.1) is 0 Å². The second kappa shape index (κ2) is 9.41. The molecule has 11 heteroatoms. The molecule has 1 amide bonds. The Morgan fingerprint density at radius 2 is 1.76 bits per heavy atom. The number of halogens is 3. The van der Waals surface area contributed by atoms with Gasteiger partial charge in [-0.05, 0) is 45.2 Å². The van der Waals surface area contributed by atoms with Crippen LogP contribution in [-0.4, -0.2) is 75.1 Å². The summed E-state index contributed by atoms with van der Waals surface area (Å²) < 4.78 is 69.2. The Morgan fingerprint density at radius 3 is 2.28 bits per heavy atom. The smallest absolute Gasteiger partial charge is 0.373 e. The van der Waals surface area contributed by atoms with Gasteiger partial charge < -0.3 is 10.1 Å². The van der Waals surface area contributed by atoms with Crippen LogP contribution in [0, 0.1) is 0 Å². The van der Waals surface area contributed by atoms with Crippen molar-refractivity contribution in [2.75, 3.05) is 38.5 Å². The average molecular weight is 437 g/mol. The third-order valence-electron chi connectivity index (χ3n) is 4.35. The van der Waals surface area contributed by atoms with Gasteiger partial charge in [-0.3, -0.25) is 9.69 Å². The Morgan fingerprint density at radius 1 is 1.21 bits per heavy atom. The molecule has 0 aliphatic carbocycles. The Kier molecular flexibility index (Phi) is 7.66. The summed E-state index contributed by atoms with van der Waals surface area (Å²) in [7, 11) is -2.27. The number of amides is 1. The standard InChI is InChI=1S/C18H26F3N3O4S/c1-13-10-24(11-14(2)28-13)29(26,27)16-6-4-15(5-7-16)22-17(25)12-23(3)9-8-18(19,20)21/h4-7,13-14H,8-12H2,1-3H3,(H,22,25). The molecule has 0 radical (unpaired) electrons. The fourth-order valence-corrected chi connectivity index (χ4v) is 4.62. The number of nitrogens with zero attached hydrogens (tertiary/aromatic N) is 2. The SMILES string of the molecule is CC1CN(S(=O)(=O)c2ccc(NC(=O)CN(C)CCC(F)(F)F)cc2)CC(C)O1. The molecule has 1 saturated heterocycles. The molecule has 1 aliphatic heterocycles. The van der Waals surface area contributed by atoms with Crippen LogP contribution in [0.5, 0.6) is 0 Å². The fraction of sp³-hybridized carbons (Fsp3) is 0.611. The summed E-state index contributed by atoms with van der Waals surface area (Å²) in [5, 5.41) is 2.55. The fourth-order valence-electron chi connectivity index (χ4n) is 3.03. The molecule has 1 aliphatic rings. The first-order valence-corrected chi connectivity index (χ1v) is 10.6. The largest absolute Gasteiger partial charge is 0.390 e. The van der Waals surface area contributed by atoms with Crippen LogP contribution >= 0.6 is 0 Å². The molecule has 164 valence electrons. The van der Waals surface area contributed by atoms with Crippen molar-refractivity contribution >= 4 is 21.6 Å². The molecule has 0 bridgehead atoms. The van der Waals surface area contributed by atoms with E-state index in [0.717, 1.165) is 0 Å². The van der Waals surface area contributed by atoms with Crippen molar-refractivity contribution in [1.29, 1.82) is 0 Å². The maximum atomic E-state index is 12.8. The van der Waals surface area contributed by atoms with E-state index in [1.807, 2.05) is 13.8 Å². The van der Waals surface area contributed by atoms with E-state index in [9.17, 15) is 26.4 Å². The highest BCUT2D eigenvalue weighted by Crippen LogP contribution is 2.23. The number of anilines is 1. The molecule has 2 atom stereocenters. The number of ether oxygens (including phenoxy) is 1. The van der Waals surface area contributed by atoms with E-state index in [-0.39, 0.29) is 43.3 Å². The van der Waals surface area contributed by atoms with Crippen LogP contribution in [0.3, 0.4) is 0 Å². The number of sulfonamides is 1. The molecular weight excluding hydrogens is 411 g/mol. The summed E-state index contributed by atoms with van der Waals surface area (Å²) in [4.78, 5) is 13.3. The van der Waals surface area contributed by atoms with E-state index in [0.29, 0.717) is 5.69 Å². The molecule has 1 fully saturated rings. The first kappa shape index (κ1) is 23.6. The van der Waals surface area contributed by atoms with Gasteiger partial charge in [0, 0.05) is 25.3 Å². The summed E-state index contributed by atoms with van der Waals surface area (Å²) >= 11 is 0. The molecule has 0 saturated carbocycles. The zero-order valence-electron chi connectivity index (χ0n) is 16.6. The second-order valence-electron chi connectivity index (χ2n) is 7.25. The molecule has 0 spiro atoms. The number of alkyl halides is 3.